The molecule has 1 unspecified atom stereocenters. The van der Waals surface area contributed by atoms with E-state index in [0.717, 1.165) is 0 Å². The van der Waals surface area contributed by atoms with Gasteiger partial charge >= 0.3 is 11.9 Å². The highest BCUT2D eigenvalue weighted by Crippen LogP contribution is 2.15. The minimum Gasteiger partial charge on any atom is -0.481 e. The topological polar surface area (TPSA) is 130 Å². The van der Waals surface area contributed by atoms with Crippen molar-refractivity contribution in [2.24, 2.45) is 0 Å². The van der Waals surface area contributed by atoms with Crippen molar-refractivity contribution < 1.29 is 33.0 Å². The fraction of sp³-hybridized carbons (Fsp3) is 0.800. The molecule has 0 aromatic rings. The first kappa shape index (κ1) is 15.9. The Morgan fingerprint density at radius 2 is 1.84 bits per heavy atom. The Balaban J connectivity index is 2.65. The van der Waals surface area contributed by atoms with E-state index in [1.165, 1.54) is 0 Å². The second kappa shape index (κ2) is 6.83. The Kier molecular flexibility index (Phi) is 5.70. The van der Waals surface area contributed by atoms with Crippen molar-refractivity contribution in [2.45, 2.75) is 37.0 Å². The van der Waals surface area contributed by atoms with Gasteiger partial charge in [-0.3, -0.25) is 9.59 Å². The molecule has 1 atom stereocenters. The van der Waals surface area contributed by atoms with Gasteiger partial charge in [0.05, 0.1) is 5.25 Å². The summed E-state index contributed by atoms with van der Waals surface area (Å²) >= 11 is 0. The average Bonchev–Trinajstić information content (AvgIpc) is 2.35. The number of nitrogens with one attached hydrogen (secondary N) is 1. The lowest BCUT2D eigenvalue weighted by Gasteiger charge is -2.24. The zero-order valence-corrected chi connectivity index (χ0v) is 11.1. The Morgan fingerprint density at radius 1 is 1.26 bits per heavy atom. The molecule has 0 aromatic heterocycles. The number of carboxylic acids is 2. The summed E-state index contributed by atoms with van der Waals surface area (Å²) in [6, 6.07) is -1.41. The minimum atomic E-state index is -3.78. The summed E-state index contributed by atoms with van der Waals surface area (Å²) in [5.74, 6) is -2.55. The van der Waals surface area contributed by atoms with Gasteiger partial charge in [-0.15, -0.1) is 0 Å². The molecule has 0 saturated carbocycles. The molecule has 1 saturated heterocycles. The normalized spacial score (nSPS) is 18.9. The summed E-state index contributed by atoms with van der Waals surface area (Å²) in [5, 5.41) is 16.7. The van der Waals surface area contributed by atoms with Gasteiger partial charge in [0.15, 0.2) is 0 Å². The van der Waals surface area contributed by atoms with Crippen LogP contribution in [0.1, 0.15) is 25.7 Å². The zero-order valence-electron chi connectivity index (χ0n) is 10.2. The zero-order chi connectivity index (χ0) is 14.5. The molecule has 8 nitrogen and oxygen atoms in total. The van der Waals surface area contributed by atoms with E-state index >= 15 is 0 Å². The van der Waals surface area contributed by atoms with Crippen LogP contribution in [0.4, 0.5) is 0 Å². The second-order valence-electron chi connectivity index (χ2n) is 4.30. The smallest absolute Gasteiger partial charge is 0.321 e. The average molecular weight is 295 g/mol. The molecule has 0 radical (unpaired) electrons. The summed E-state index contributed by atoms with van der Waals surface area (Å²) in [4.78, 5) is 21.3. The number of carboxylic acid groups (broad SMARTS) is 2. The van der Waals surface area contributed by atoms with Crippen LogP contribution in [0.25, 0.3) is 0 Å². The van der Waals surface area contributed by atoms with Crippen LogP contribution in [0.3, 0.4) is 0 Å². The van der Waals surface area contributed by atoms with Crippen molar-refractivity contribution >= 4 is 22.0 Å². The lowest BCUT2D eigenvalue weighted by atomic mass is 10.2. The van der Waals surface area contributed by atoms with E-state index in [4.69, 9.17) is 14.9 Å². The van der Waals surface area contributed by atoms with Crippen molar-refractivity contribution in [3.05, 3.63) is 0 Å². The summed E-state index contributed by atoms with van der Waals surface area (Å²) in [5.41, 5.74) is 0. The van der Waals surface area contributed by atoms with Gasteiger partial charge in [-0.25, -0.2) is 13.1 Å². The summed E-state index contributed by atoms with van der Waals surface area (Å²) in [6.07, 6.45) is -0.0818. The molecule has 1 fully saturated rings. The number of aliphatic carboxylic acids is 2. The van der Waals surface area contributed by atoms with Crippen LogP contribution < -0.4 is 4.72 Å². The Bertz CT molecular complexity index is 427. The largest absolute Gasteiger partial charge is 0.481 e. The number of hydrogen-bond acceptors (Lipinski definition) is 5. The van der Waals surface area contributed by atoms with E-state index < -0.39 is 39.7 Å². The SMILES string of the molecule is O=C(O)CCC(NS(=O)(=O)C1CCOCC1)C(=O)O. The van der Waals surface area contributed by atoms with E-state index in [1.807, 2.05) is 0 Å². The van der Waals surface area contributed by atoms with Crippen LogP contribution in [-0.4, -0.2) is 55.1 Å². The van der Waals surface area contributed by atoms with E-state index in [2.05, 4.69) is 4.72 Å². The summed E-state index contributed by atoms with van der Waals surface area (Å²) in [6.45, 7) is 0.636. The minimum absolute atomic E-state index is 0.285. The third-order valence-electron chi connectivity index (χ3n) is 2.86. The molecule has 19 heavy (non-hydrogen) atoms. The van der Waals surface area contributed by atoms with Crippen molar-refractivity contribution in [1.29, 1.82) is 0 Å². The van der Waals surface area contributed by atoms with Crippen molar-refractivity contribution in [1.82, 2.24) is 4.72 Å². The Labute approximate surface area is 110 Å². The maximum absolute atomic E-state index is 12.0. The van der Waals surface area contributed by atoms with E-state index in [-0.39, 0.29) is 6.42 Å². The molecule has 110 valence electrons. The predicted molar refractivity (Wildman–Crippen MR) is 64.2 cm³/mol. The molecule has 1 heterocycles. The highest BCUT2D eigenvalue weighted by Gasteiger charge is 2.32. The van der Waals surface area contributed by atoms with Crippen LogP contribution in [-0.2, 0) is 24.3 Å². The fourth-order valence-electron chi connectivity index (χ4n) is 1.78. The summed E-state index contributed by atoms with van der Waals surface area (Å²) < 4.78 is 31.0. The van der Waals surface area contributed by atoms with Crippen molar-refractivity contribution in [2.75, 3.05) is 13.2 Å². The number of hydrogen-bond donors (Lipinski definition) is 3. The van der Waals surface area contributed by atoms with E-state index in [1.54, 1.807) is 0 Å². The first-order valence-electron chi connectivity index (χ1n) is 5.86. The molecule has 1 aliphatic heterocycles. The number of sulfonamides is 1. The fourth-order valence-corrected chi connectivity index (χ4v) is 3.40. The molecule has 0 aromatic carbocycles. The number of rotatable bonds is 7. The lowest BCUT2D eigenvalue weighted by Crippen LogP contribution is -2.46. The predicted octanol–water partition coefficient (Wildman–Crippen LogP) is -0.597. The highest BCUT2D eigenvalue weighted by molar-refractivity contribution is 7.90. The Hall–Kier alpha value is -1.19. The van der Waals surface area contributed by atoms with Crippen LogP contribution in [0, 0.1) is 0 Å². The number of carbonyl (C=O) groups is 2. The molecule has 3 N–H and O–H groups in total. The highest BCUT2D eigenvalue weighted by atomic mass is 32.2. The van der Waals surface area contributed by atoms with Crippen LogP contribution in [0.5, 0.6) is 0 Å². The molecule has 9 heteroatoms. The lowest BCUT2D eigenvalue weighted by molar-refractivity contribution is -0.140. The molecule has 1 aliphatic rings. The van der Waals surface area contributed by atoms with Gasteiger partial charge in [0, 0.05) is 19.6 Å². The van der Waals surface area contributed by atoms with Gasteiger partial charge in [-0.1, -0.05) is 0 Å². The van der Waals surface area contributed by atoms with Crippen LogP contribution in [0.15, 0.2) is 0 Å². The maximum atomic E-state index is 12.0. The molecule has 1 rings (SSSR count). The molecule has 0 aliphatic carbocycles. The van der Waals surface area contributed by atoms with Gasteiger partial charge in [0.25, 0.3) is 0 Å². The quantitative estimate of drug-likeness (QED) is 0.572. The first-order chi connectivity index (χ1) is 8.83. The molecule has 0 bridgehead atoms. The van der Waals surface area contributed by atoms with Gasteiger partial charge in [-0.05, 0) is 19.3 Å². The van der Waals surface area contributed by atoms with Crippen molar-refractivity contribution in [3.63, 3.8) is 0 Å². The second-order valence-corrected chi connectivity index (χ2v) is 6.29. The Morgan fingerprint density at radius 3 is 2.32 bits per heavy atom. The third kappa shape index (κ3) is 5.13. The number of ether oxygens (including phenoxy) is 1. The van der Waals surface area contributed by atoms with Crippen LogP contribution >= 0.6 is 0 Å². The van der Waals surface area contributed by atoms with E-state index in [0.29, 0.717) is 26.1 Å². The molecule has 0 amide bonds. The maximum Gasteiger partial charge on any atom is 0.321 e. The van der Waals surface area contributed by atoms with E-state index in [9.17, 15) is 18.0 Å². The monoisotopic (exact) mass is 295 g/mol. The van der Waals surface area contributed by atoms with Gasteiger partial charge < -0.3 is 14.9 Å². The molecular formula is C10H17NO7S. The third-order valence-corrected chi connectivity index (χ3v) is 4.82. The van der Waals surface area contributed by atoms with Gasteiger partial charge in [-0.2, -0.15) is 0 Å². The van der Waals surface area contributed by atoms with Crippen molar-refractivity contribution in [3.8, 4) is 0 Å². The molecule has 0 spiro atoms. The van der Waals surface area contributed by atoms with Gasteiger partial charge in [0.2, 0.25) is 10.0 Å². The van der Waals surface area contributed by atoms with Gasteiger partial charge in [0.1, 0.15) is 6.04 Å². The first-order valence-corrected chi connectivity index (χ1v) is 7.41. The standard InChI is InChI=1S/C10H17NO7S/c12-9(13)2-1-8(10(14)15)11-19(16,17)7-3-5-18-6-4-7/h7-8,11H,1-6H2,(H,12,13)(H,14,15). The molecular weight excluding hydrogens is 278 g/mol. The summed E-state index contributed by atoms with van der Waals surface area (Å²) in [7, 11) is -3.78. The van der Waals surface area contributed by atoms with Crippen LogP contribution in [0.2, 0.25) is 0 Å².